The van der Waals surface area contributed by atoms with Crippen molar-refractivity contribution in [3.8, 4) is 0 Å². The van der Waals surface area contributed by atoms with Gasteiger partial charge in [0.1, 0.15) is 0 Å². The summed E-state index contributed by atoms with van der Waals surface area (Å²) < 4.78 is 5.37. The Hall–Kier alpha value is -0.900. The average molecular weight is 275 g/mol. The van der Waals surface area contributed by atoms with E-state index in [-0.39, 0.29) is 5.41 Å². The summed E-state index contributed by atoms with van der Waals surface area (Å²) in [5.74, 6) is 0.358. The van der Waals surface area contributed by atoms with Crippen molar-refractivity contribution < 1.29 is 9.84 Å². The third-order valence-electron chi connectivity index (χ3n) is 5.45. The Labute approximate surface area is 121 Å². The minimum absolute atomic E-state index is 0.238. The summed E-state index contributed by atoms with van der Waals surface area (Å²) in [7, 11) is 1.67. The van der Waals surface area contributed by atoms with Crippen LogP contribution in [0.25, 0.3) is 0 Å². The zero-order valence-corrected chi connectivity index (χ0v) is 12.3. The molecule has 0 aromatic heterocycles. The van der Waals surface area contributed by atoms with Gasteiger partial charge in [-0.15, -0.1) is 0 Å². The molecule has 2 atom stereocenters. The first-order valence-electron chi connectivity index (χ1n) is 7.63. The van der Waals surface area contributed by atoms with E-state index < -0.39 is 5.60 Å². The molecule has 0 heterocycles. The van der Waals surface area contributed by atoms with E-state index >= 15 is 0 Å². The van der Waals surface area contributed by atoms with Crippen molar-refractivity contribution in [1.82, 2.24) is 0 Å². The maximum Gasteiger partial charge on any atom is 0.0978 e. The van der Waals surface area contributed by atoms with Crippen LogP contribution in [0.2, 0.25) is 0 Å². The molecule has 1 aromatic rings. The van der Waals surface area contributed by atoms with Gasteiger partial charge in [0, 0.05) is 19.1 Å². The Morgan fingerprint density at radius 3 is 2.65 bits per heavy atom. The zero-order chi connectivity index (χ0) is 14.2. The molecule has 3 N–H and O–H groups in total. The quantitative estimate of drug-likeness (QED) is 0.863. The van der Waals surface area contributed by atoms with Gasteiger partial charge in [-0.3, -0.25) is 0 Å². The van der Waals surface area contributed by atoms with Gasteiger partial charge in [0.05, 0.1) is 12.2 Å². The van der Waals surface area contributed by atoms with Crippen LogP contribution in [0, 0.1) is 11.3 Å². The molecule has 0 saturated heterocycles. The van der Waals surface area contributed by atoms with Crippen molar-refractivity contribution in [3.63, 3.8) is 0 Å². The maximum absolute atomic E-state index is 11.3. The van der Waals surface area contributed by atoms with Crippen LogP contribution in [0.5, 0.6) is 0 Å². The van der Waals surface area contributed by atoms with Crippen LogP contribution in [0.1, 0.15) is 30.4 Å². The SMILES string of the molecule is COCC(O)(C1CC1)C1(CN)CCc2ccccc2C1. The molecule has 2 aliphatic carbocycles. The van der Waals surface area contributed by atoms with Gasteiger partial charge in [-0.25, -0.2) is 0 Å². The molecule has 2 unspecified atom stereocenters. The number of fused-ring (bicyclic) bond motifs is 1. The average Bonchev–Trinajstić information content (AvgIpc) is 3.31. The fourth-order valence-corrected chi connectivity index (χ4v) is 4.01. The molecule has 2 aliphatic rings. The van der Waals surface area contributed by atoms with E-state index in [4.69, 9.17) is 10.5 Å². The fraction of sp³-hybridized carbons (Fsp3) is 0.647. The summed E-state index contributed by atoms with van der Waals surface area (Å²) in [6.07, 6.45) is 5.03. The molecule has 0 radical (unpaired) electrons. The number of ether oxygens (including phenoxy) is 1. The second-order valence-electron chi connectivity index (χ2n) is 6.56. The molecule has 0 spiro atoms. The summed E-state index contributed by atoms with van der Waals surface area (Å²) >= 11 is 0. The van der Waals surface area contributed by atoms with Gasteiger partial charge in [-0.1, -0.05) is 24.3 Å². The van der Waals surface area contributed by atoms with Crippen LogP contribution >= 0.6 is 0 Å². The Bertz CT molecular complexity index is 486. The molecule has 0 bridgehead atoms. The van der Waals surface area contributed by atoms with Gasteiger partial charge in [0.15, 0.2) is 0 Å². The van der Waals surface area contributed by atoms with Crippen LogP contribution in [0.3, 0.4) is 0 Å². The van der Waals surface area contributed by atoms with Crippen LogP contribution in [-0.4, -0.2) is 31.0 Å². The number of benzene rings is 1. The summed E-state index contributed by atoms with van der Waals surface area (Å²) in [5.41, 5.74) is 7.91. The second kappa shape index (κ2) is 5.14. The molecule has 110 valence electrons. The maximum atomic E-state index is 11.3. The van der Waals surface area contributed by atoms with Crippen LogP contribution in [-0.2, 0) is 17.6 Å². The number of nitrogens with two attached hydrogens (primary N) is 1. The second-order valence-corrected chi connectivity index (χ2v) is 6.56. The van der Waals surface area contributed by atoms with Crippen molar-refractivity contribution in [2.45, 2.75) is 37.7 Å². The standard InChI is InChI=1S/C17H25NO2/c1-20-12-17(19,15-6-7-15)16(11-18)9-8-13-4-2-3-5-14(13)10-16/h2-5,15,19H,6-12,18H2,1H3. The number of methoxy groups -OCH3 is 1. The lowest BCUT2D eigenvalue weighted by atomic mass is 9.60. The van der Waals surface area contributed by atoms with E-state index in [9.17, 15) is 5.11 Å². The van der Waals surface area contributed by atoms with Crippen molar-refractivity contribution in [3.05, 3.63) is 35.4 Å². The smallest absolute Gasteiger partial charge is 0.0978 e. The molecule has 0 amide bonds. The lowest BCUT2D eigenvalue weighted by molar-refractivity contribution is -0.143. The third kappa shape index (κ3) is 2.09. The largest absolute Gasteiger partial charge is 0.387 e. The number of aliphatic hydroxyl groups is 1. The van der Waals surface area contributed by atoms with Gasteiger partial charge in [-0.05, 0) is 49.1 Å². The van der Waals surface area contributed by atoms with E-state index in [1.165, 1.54) is 11.1 Å². The van der Waals surface area contributed by atoms with E-state index in [0.717, 1.165) is 32.1 Å². The van der Waals surface area contributed by atoms with Gasteiger partial charge >= 0.3 is 0 Å². The predicted molar refractivity (Wildman–Crippen MR) is 79.5 cm³/mol. The number of aryl methyl sites for hydroxylation is 1. The lowest BCUT2D eigenvalue weighted by Gasteiger charge is -2.49. The van der Waals surface area contributed by atoms with E-state index in [1.807, 2.05) is 0 Å². The minimum Gasteiger partial charge on any atom is -0.387 e. The number of hydrogen-bond acceptors (Lipinski definition) is 3. The molecule has 1 fully saturated rings. The first kappa shape index (κ1) is 14.1. The Morgan fingerprint density at radius 2 is 2.05 bits per heavy atom. The monoisotopic (exact) mass is 275 g/mol. The normalized spacial score (nSPS) is 28.8. The highest BCUT2D eigenvalue weighted by molar-refractivity contribution is 5.33. The molecule has 3 nitrogen and oxygen atoms in total. The van der Waals surface area contributed by atoms with Gasteiger partial charge in [0.2, 0.25) is 0 Å². The van der Waals surface area contributed by atoms with Gasteiger partial charge < -0.3 is 15.6 Å². The van der Waals surface area contributed by atoms with Gasteiger partial charge in [-0.2, -0.15) is 0 Å². The summed E-state index contributed by atoms with van der Waals surface area (Å²) in [5, 5.41) is 11.3. The molecule has 0 aliphatic heterocycles. The number of rotatable bonds is 5. The Balaban J connectivity index is 1.96. The molecule has 3 heteroatoms. The highest BCUT2D eigenvalue weighted by Crippen LogP contribution is 2.53. The highest BCUT2D eigenvalue weighted by Gasteiger charge is 2.57. The van der Waals surface area contributed by atoms with Crippen molar-refractivity contribution >= 4 is 0 Å². The van der Waals surface area contributed by atoms with Crippen LogP contribution in [0.15, 0.2) is 24.3 Å². The molecular formula is C17H25NO2. The summed E-state index contributed by atoms with van der Waals surface area (Å²) in [4.78, 5) is 0. The van der Waals surface area contributed by atoms with E-state index in [2.05, 4.69) is 24.3 Å². The van der Waals surface area contributed by atoms with Crippen molar-refractivity contribution in [1.29, 1.82) is 0 Å². The molecule has 3 rings (SSSR count). The van der Waals surface area contributed by atoms with Gasteiger partial charge in [0.25, 0.3) is 0 Å². The highest BCUT2D eigenvalue weighted by atomic mass is 16.5. The first-order chi connectivity index (χ1) is 9.65. The van der Waals surface area contributed by atoms with Crippen LogP contribution in [0.4, 0.5) is 0 Å². The zero-order valence-electron chi connectivity index (χ0n) is 12.3. The van der Waals surface area contributed by atoms with Crippen molar-refractivity contribution in [2.24, 2.45) is 17.1 Å². The van der Waals surface area contributed by atoms with E-state index in [0.29, 0.717) is 19.1 Å². The predicted octanol–water partition coefficient (Wildman–Crippen LogP) is 1.91. The molecule has 20 heavy (non-hydrogen) atoms. The third-order valence-corrected chi connectivity index (χ3v) is 5.45. The minimum atomic E-state index is -0.774. The number of hydrogen-bond donors (Lipinski definition) is 2. The Kier molecular flexibility index (Phi) is 3.61. The summed E-state index contributed by atoms with van der Waals surface area (Å²) in [6.45, 7) is 0.925. The lowest BCUT2D eigenvalue weighted by Crippen LogP contribution is -2.59. The van der Waals surface area contributed by atoms with Crippen molar-refractivity contribution in [2.75, 3.05) is 20.3 Å². The van der Waals surface area contributed by atoms with E-state index in [1.54, 1.807) is 7.11 Å². The van der Waals surface area contributed by atoms with Crippen LogP contribution < -0.4 is 5.73 Å². The summed E-state index contributed by atoms with van der Waals surface area (Å²) in [6, 6.07) is 8.55. The Morgan fingerprint density at radius 1 is 1.35 bits per heavy atom. The first-order valence-corrected chi connectivity index (χ1v) is 7.63. The fourth-order valence-electron chi connectivity index (χ4n) is 4.01. The topological polar surface area (TPSA) is 55.5 Å². The molecule has 1 aromatic carbocycles. The molecule has 1 saturated carbocycles. The molecular weight excluding hydrogens is 250 g/mol.